The van der Waals surface area contributed by atoms with Crippen LogP contribution < -0.4 is 10.9 Å². The summed E-state index contributed by atoms with van der Waals surface area (Å²) in [5.74, 6) is 0. The molecular formula is C20H23N3O. The fraction of sp³-hybridized carbons (Fsp3) is 0.250. The normalized spacial score (nSPS) is 12.2. The first kappa shape index (κ1) is 16.1. The molecule has 0 saturated heterocycles. The van der Waals surface area contributed by atoms with Gasteiger partial charge in [0, 0.05) is 13.1 Å². The Morgan fingerprint density at radius 2 is 1.58 bits per heavy atom. The molecule has 0 bridgehead atoms. The summed E-state index contributed by atoms with van der Waals surface area (Å²) < 4.78 is 3.59. The van der Waals surface area contributed by atoms with Crippen LogP contribution in [0.25, 0.3) is 5.69 Å². The van der Waals surface area contributed by atoms with Crippen LogP contribution >= 0.6 is 0 Å². The molecule has 2 aromatic carbocycles. The Morgan fingerprint density at radius 3 is 2.25 bits per heavy atom. The summed E-state index contributed by atoms with van der Waals surface area (Å²) in [5, 5.41) is 3.41. The van der Waals surface area contributed by atoms with Gasteiger partial charge in [0.25, 0.3) is 5.56 Å². The number of para-hydroxylation sites is 1. The van der Waals surface area contributed by atoms with E-state index in [1.165, 1.54) is 11.1 Å². The van der Waals surface area contributed by atoms with Crippen molar-refractivity contribution in [3.8, 4) is 5.69 Å². The highest BCUT2D eigenvalue weighted by Crippen LogP contribution is 2.23. The van der Waals surface area contributed by atoms with Gasteiger partial charge in [-0.2, -0.15) is 0 Å². The van der Waals surface area contributed by atoms with E-state index in [0.29, 0.717) is 5.69 Å². The van der Waals surface area contributed by atoms with Gasteiger partial charge in [-0.15, -0.1) is 0 Å². The highest BCUT2D eigenvalue weighted by atomic mass is 16.1. The average molecular weight is 321 g/mol. The lowest BCUT2D eigenvalue weighted by Crippen LogP contribution is -2.21. The minimum Gasteiger partial charge on any atom is -0.373 e. The highest BCUT2D eigenvalue weighted by Gasteiger charge is 2.18. The van der Waals surface area contributed by atoms with Crippen molar-refractivity contribution < 1.29 is 0 Å². The van der Waals surface area contributed by atoms with Crippen molar-refractivity contribution >= 4 is 5.69 Å². The molecule has 0 aliphatic heterocycles. The SMILES string of the molecule is Cc1ccccc1[C@H](C)Nc1c(C)n(C)n(-c2ccccc2)c1=O. The Labute approximate surface area is 142 Å². The largest absolute Gasteiger partial charge is 0.373 e. The Kier molecular flexibility index (Phi) is 4.30. The van der Waals surface area contributed by atoms with Crippen LogP contribution in [0.2, 0.25) is 0 Å². The predicted molar refractivity (Wildman–Crippen MR) is 99.0 cm³/mol. The standard InChI is InChI=1S/C20H23N3O/c1-14-10-8-9-13-18(14)15(2)21-19-16(3)22(4)23(20(19)24)17-11-6-5-7-12-17/h5-13,15,21H,1-4H3/t15-/m0/s1. The smallest absolute Gasteiger partial charge is 0.295 e. The van der Waals surface area contributed by atoms with E-state index in [-0.39, 0.29) is 11.6 Å². The molecule has 0 spiro atoms. The summed E-state index contributed by atoms with van der Waals surface area (Å²) in [5.41, 5.74) is 4.83. The first-order chi connectivity index (χ1) is 11.5. The van der Waals surface area contributed by atoms with Gasteiger partial charge in [-0.1, -0.05) is 42.5 Å². The van der Waals surface area contributed by atoms with Crippen molar-refractivity contribution in [3.63, 3.8) is 0 Å². The number of hydrogen-bond acceptors (Lipinski definition) is 2. The number of aromatic nitrogens is 2. The second kappa shape index (κ2) is 6.40. The molecule has 0 radical (unpaired) electrons. The number of anilines is 1. The van der Waals surface area contributed by atoms with Crippen LogP contribution in [0.4, 0.5) is 5.69 Å². The number of aryl methyl sites for hydroxylation is 1. The van der Waals surface area contributed by atoms with Crippen LogP contribution in [-0.4, -0.2) is 9.36 Å². The van der Waals surface area contributed by atoms with Gasteiger partial charge < -0.3 is 5.32 Å². The van der Waals surface area contributed by atoms with Crippen LogP contribution in [0.15, 0.2) is 59.4 Å². The maximum atomic E-state index is 12.9. The molecule has 0 amide bonds. The van der Waals surface area contributed by atoms with E-state index in [1.807, 2.05) is 61.1 Å². The van der Waals surface area contributed by atoms with Gasteiger partial charge in [-0.05, 0) is 44.0 Å². The van der Waals surface area contributed by atoms with E-state index < -0.39 is 0 Å². The molecule has 3 aromatic rings. The van der Waals surface area contributed by atoms with Crippen LogP contribution in [0.3, 0.4) is 0 Å². The molecule has 0 saturated carbocycles. The Hall–Kier alpha value is -2.75. The van der Waals surface area contributed by atoms with Crippen molar-refractivity contribution in [1.29, 1.82) is 0 Å². The first-order valence-electron chi connectivity index (χ1n) is 8.16. The van der Waals surface area contributed by atoms with E-state index in [1.54, 1.807) is 4.68 Å². The summed E-state index contributed by atoms with van der Waals surface area (Å²) >= 11 is 0. The van der Waals surface area contributed by atoms with Gasteiger partial charge in [0.1, 0.15) is 5.69 Å². The number of nitrogens with zero attached hydrogens (tertiary/aromatic N) is 2. The minimum atomic E-state index is -0.0263. The zero-order valence-electron chi connectivity index (χ0n) is 14.6. The zero-order valence-corrected chi connectivity index (χ0v) is 14.6. The summed E-state index contributed by atoms with van der Waals surface area (Å²) in [6, 6.07) is 18.0. The van der Waals surface area contributed by atoms with Gasteiger partial charge in [0.15, 0.2) is 0 Å². The van der Waals surface area contributed by atoms with Crippen molar-refractivity contribution in [3.05, 3.63) is 81.8 Å². The van der Waals surface area contributed by atoms with Crippen LogP contribution in [0.5, 0.6) is 0 Å². The molecule has 0 aliphatic carbocycles. The predicted octanol–water partition coefficient (Wildman–Crippen LogP) is 3.97. The van der Waals surface area contributed by atoms with E-state index in [2.05, 4.69) is 31.3 Å². The third-order valence-corrected chi connectivity index (χ3v) is 4.57. The summed E-state index contributed by atoms with van der Waals surface area (Å²) in [4.78, 5) is 12.9. The van der Waals surface area contributed by atoms with E-state index in [9.17, 15) is 4.79 Å². The fourth-order valence-corrected chi connectivity index (χ4v) is 3.10. The Balaban J connectivity index is 2.01. The third-order valence-electron chi connectivity index (χ3n) is 4.57. The van der Waals surface area contributed by atoms with Gasteiger partial charge in [-0.3, -0.25) is 9.48 Å². The lowest BCUT2D eigenvalue weighted by atomic mass is 10.0. The summed E-state index contributed by atoms with van der Waals surface area (Å²) in [6.45, 7) is 6.14. The molecule has 24 heavy (non-hydrogen) atoms. The van der Waals surface area contributed by atoms with Crippen LogP contribution in [0, 0.1) is 13.8 Å². The maximum Gasteiger partial charge on any atom is 0.295 e. The quantitative estimate of drug-likeness (QED) is 0.790. The molecule has 4 heteroatoms. The molecule has 1 aromatic heterocycles. The second-order valence-corrected chi connectivity index (χ2v) is 6.16. The van der Waals surface area contributed by atoms with Gasteiger partial charge >= 0.3 is 0 Å². The summed E-state index contributed by atoms with van der Waals surface area (Å²) in [6.07, 6.45) is 0. The first-order valence-corrected chi connectivity index (χ1v) is 8.16. The molecule has 0 unspecified atom stereocenters. The number of nitrogens with one attached hydrogen (secondary N) is 1. The number of benzene rings is 2. The topological polar surface area (TPSA) is 39.0 Å². The van der Waals surface area contributed by atoms with Crippen molar-refractivity contribution in [2.75, 3.05) is 5.32 Å². The molecule has 0 fully saturated rings. The van der Waals surface area contributed by atoms with Crippen molar-refractivity contribution in [2.24, 2.45) is 7.05 Å². The lowest BCUT2D eigenvalue weighted by molar-refractivity contribution is 0.630. The molecular weight excluding hydrogens is 298 g/mol. The monoisotopic (exact) mass is 321 g/mol. The van der Waals surface area contributed by atoms with Gasteiger partial charge in [0.05, 0.1) is 11.4 Å². The van der Waals surface area contributed by atoms with E-state index in [4.69, 9.17) is 0 Å². The van der Waals surface area contributed by atoms with Gasteiger partial charge in [-0.25, -0.2) is 4.68 Å². The highest BCUT2D eigenvalue weighted by molar-refractivity contribution is 5.51. The summed E-state index contributed by atoms with van der Waals surface area (Å²) in [7, 11) is 1.91. The lowest BCUT2D eigenvalue weighted by Gasteiger charge is -2.16. The average Bonchev–Trinajstić information content (AvgIpc) is 2.79. The molecule has 1 heterocycles. The minimum absolute atomic E-state index is 0.0263. The van der Waals surface area contributed by atoms with E-state index >= 15 is 0 Å². The van der Waals surface area contributed by atoms with Crippen LogP contribution in [-0.2, 0) is 7.05 Å². The molecule has 1 atom stereocenters. The van der Waals surface area contributed by atoms with Crippen molar-refractivity contribution in [2.45, 2.75) is 26.8 Å². The molecule has 4 nitrogen and oxygen atoms in total. The van der Waals surface area contributed by atoms with Crippen LogP contribution in [0.1, 0.15) is 29.8 Å². The second-order valence-electron chi connectivity index (χ2n) is 6.16. The molecule has 124 valence electrons. The number of rotatable bonds is 4. The molecule has 1 N–H and O–H groups in total. The number of hydrogen-bond donors (Lipinski definition) is 1. The Bertz CT molecular complexity index is 906. The van der Waals surface area contributed by atoms with E-state index in [0.717, 1.165) is 11.4 Å². The third kappa shape index (κ3) is 2.75. The van der Waals surface area contributed by atoms with Crippen molar-refractivity contribution in [1.82, 2.24) is 9.36 Å². The maximum absolute atomic E-state index is 12.9. The molecule has 3 rings (SSSR count). The van der Waals surface area contributed by atoms with Gasteiger partial charge in [0.2, 0.25) is 0 Å². The molecule has 0 aliphatic rings. The Morgan fingerprint density at radius 1 is 0.958 bits per heavy atom. The fourth-order valence-electron chi connectivity index (χ4n) is 3.10. The zero-order chi connectivity index (χ0) is 17.3.